The van der Waals surface area contributed by atoms with Crippen molar-refractivity contribution in [2.24, 2.45) is 0 Å². The molecule has 0 bridgehead atoms. The molecule has 0 aromatic heterocycles. The van der Waals surface area contributed by atoms with Crippen LogP contribution < -0.4 is 16.0 Å². The Labute approximate surface area is 218 Å². The van der Waals surface area contributed by atoms with Gasteiger partial charge in [0.1, 0.15) is 18.2 Å². The van der Waals surface area contributed by atoms with E-state index in [2.05, 4.69) is 16.0 Å². The molecule has 0 spiro atoms. The summed E-state index contributed by atoms with van der Waals surface area (Å²) in [7, 11) is 0. The second kappa shape index (κ2) is 16.2. The quantitative estimate of drug-likeness (QED) is 0.330. The molecule has 10 nitrogen and oxygen atoms in total. The zero-order valence-electron chi connectivity index (χ0n) is 21.7. The lowest BCUT2D eigenvalue weighted by atomic mass is 10.1. The molecule has 0 aliphatic carbocycles. The highest BCUT2D eigenvalue weighted by Gasteiger charge is 2.23. The van der Waals surface area contributed by atoms with E-state index in [1.54, 1.807) is 45.0 Å². The van der Waals surface area contributed by atoms with E-state index >= 15 is 0 Å². The maximum Gasteiger partial charge on any atom is 0.408 e. The lowest BCUT2D eigenvalue weighted by Gasteiger charge is -2.19. The number of carbonyl (C=O) groups is 3. The molecule has 0 saturated carbocycles. The van der Waals surface area contributed by atoms with Crippen LogP contribution in [0.3, 0.4) is 0 Å². The fraction of sp³-hybridized carbons (Fsp3) is 0.444. The number of alkyl carbamates (subject to hydrolysis) is 2. The van der Waals surface area contributed by atoms with Gasteiger partial charge in [0, 0.05) is 13.1 Å². The van der Waals surface area contributed by atoms with Crippen molar-refractivity contribution in [1.82, 2.24) is 16.0 Å². The van der Waals surface area contributed by atoms with Crippen LogP contribution in [0.4, 0.5) is 9.59 Å². The average Bonchev–Trinajstić information content (AvgIpc) is 2.87. The second-order valence-corrected chi connectivity index (χ2v) is 8.99. The van der Waals surface area contributed by atoms with Crippen LogP contribution in [0.25, 0.3) is 0 Å². The normalized spacial score (nSPS) is 11.8. The molecular weight excluding hydrogens is 478 g/mol. The molecule has 37 heavy (non-hydrogen) atoms. The highest BCUT2D eigenvalue weighted by atomic mass is 16.6. The third kappa shape index (κ3) is 13.3. The fourth-order valence-electron chi connectivity index (χ4n) is 3.04. The molecular formula is C27H37N3O7. The van der Waals surface area contributed by atoms with E-state index in [1.807, 2.05) is 36.4 Å². The van der Waals surface area contributed by atoms with Crippen LogP contribution in [0.2, 0.25) is 0 Å². The summed E-state index contributed by atoms with van der Waals surface area (Å²) in [5, 5.41) is 8.00. The van der Waals surface area contributed by atoms with Gasteiger partial charge in [-0.2, -0.15) is 0 Å². The Morgan fingerprint density at radius 3 is 1.92 bits per heavy atom. The van der Waals surface area contributed by atoms with Gasteiger partial charge in [0.25, 0.3) is 0 Å². The van der Waals surface area contributed by atoms with Crippen LogP contribution in [0.15, 0.2) is 60.7 Å². The zero-order valence-corrected chi connectivity index (χ0v) is 21.7. The summed E-state index contributed by atoms with van der Waals surface area (Å²) in [6, 6.07) is 17.3. The molecule has 0 aliphatic rings. The smallest absolute Gasteiger partial charge is 0.408 e. The molecule has 2 rings (SSSR count). The van der Waals surface area contributed by atoms with E-state index < -0.39 is 23.8 Å². The summed E-state index contributed by atoms with van der Waals surface area (Å²) in [5.41, 5.74) is 0.932. The lowest BCUT2D eigenvalue weighted by molar-refractivity contribution is -0.123. The summed E-state index contributed by atoms with van der Waals surface area (Å²) in [5.74, 6) is -0.379. The highest BCUT2D eigenvalue weighted by Crippen LogP contribution is 2.13. The van der Waals surface area contributed by atoms with Gasteiger partial charge < -0.3 is 34.9 Å². The molecule has 3 N–H and O–H groups in total. The van der Waals surface area contributed by atoms with Gasteiger partial charge in [-0.05, 0) is 31.9 Å². The largest absolute Gasteiger partial charge is 0.445 e. The van der Waals surface area contributed by atoms with Gasteiger partial charge in [-0.25, -0.2) is 9.59 Å². The summed E-state index contributed by atoms with van der Waals surface area (Å²) < 4.78 is 21.3. The fourth-order valence-corrected chi connectivity index (χ4v) is 3.04. The first-order valence-corrected chi connectivity index (χ1v) is 12.2. The third-order valence-electron chi connectivity index (χ3n) is 4.70. The molecule has 10 heteroatoms. The monoisotopic (exact) mass is 515 g/mol. The Morgan fingerprint density at radius 2 is 1.32 bits per heavy atom. The van der Waals surface area contributed by atoms with Crippen LogP contribution >= 0.6 is 0 Å². The summed E-state index contributed by atoms with van der Waals surface area (Å²) in [4.78, 5) is 36.7. The minimum Gasteiger partial charge on any atom is -0.445 e. The van der Waals surface area contributed by atoms with Gasteiger partial charge in [-0.1, -0.05) is 60.7 Å². The minimum atomic E-state index is -0.912. The summed E-state index contributed by atoms with van der Waals surface area (Å²) in [6.07, 6.45) is -1.18. The molecule has 0 radical (unpaired) electrons. The van der Waals surface area contributed by atoms with Gasteiger partial charge >= 0.3 is 12.2 Å². The van der Waals surface area contributed by atoms with Crippen molar-refractivity contribution in [1.29, 1.82) is 0 Å². The summed E-state index contributed by atoms with van der Waals surface area (Å²) >= 11 is 0. The van der Waals surface area contributed by atoms with Crippen LogP contribution in [0.1, 0.15) is 37.9 Å². The predicted octanol–water partition coefficient (Wildman–Crippen LogP) is 3.33. The number of carbonyl (C=O) groups excluding carboxylic acids is 3. The highest BCUT2D eigenvalue weighted by molar-refractivity contribution is 5.86. The lowest BCUT2D eigenvalue weighted by Crippen LogP contribution is -2.41. The van der Waals surface area contributed by atoms with Crippen molar-refractivity contribution >= 4 is 18.1 Å². The predicted molar refractivity (Wildman–Crippen MR) is 138 cm³/mol. The van der Waals surface area contributed by atoms with Crippen LogP contribution in [0, 0.1) is 0 Å². The maximum atomic E-state index is 12.8. The molecule has 0 saturated heterocycles. The summed E-state index contributed by atoms with van der Waals surface area (Å²) in [6.45, 7) is 7.32. The molecule has 0 fully saturated rings. The standard InChI is InChI=1S/C27H37N3O7/c1-27(2,3)37-25(32)29-15-17-35-19-18-34-16-14-28-24(31)23(22-12-8-5-9-13-22)30-26(33)36-20-21-10-6-4-7-11-21/h4-13,23H,14-20H2,1-3H3,(H,28,31)(H,29,32)(H,30,33). The first kappa shape index (κ1) is 29.6. The Morgan fingerprint density at radius 1 is 0.757 bits per heavy atom. The van der Waals surface area contributed by atoms with Crippen molar-refractivity contribution in [3.63, 3.8) is 0 Å². The van der Waals surface area contributed by atoms with Crippen molar-refractivity contribution in [3.05, 3.63) is 71.8 Å². The SMILES string of the molecule is CC(C)(C)OC(=O)NCCOCCOCCNC(=O)C(NC(=O)OCc1ccccc1)c1ccccc1. The molecule has 2 aromatic rings. The third-order valence-corrected chi connectivity index (χ3v) is 4.70. The second-order valence-electron chi connectivity index (χ2n) is 8.99. The topological polar surface area (TPSA) is 124 Å². The van der Waals surface area contributed by atoms with E-state index in [4.69, 9.17) is 18.9 Å². The van der Waals surface area contributed by atoms with E-state index in [-0.39, 0.29) is 25.7 Å². The number of ether oxygens (including phenoxy) is 4. The number of amides is 3. The Balaban J connectivity index is 1.64. The van der Waals surface area contributed by atoms with Gasteiger partial charge in [-0.15, -0.1) is 0 Å². The number of nitrogens with one attached hydrogen (secondary N) is 3. The number of rotatable bonds is 14. The minimum absolute atomic E-state index is 0.1000. The molecule has 2 aromatic carbocycles. The molecule has 3 amide bonds. The molecule has 0 aliphatic heterocycles. The number of hydrogen-bond acceptors (Lipinski definition) is 7. The number of hydrogen-bond donors (Lipinski definition) is 3. The van der Waals surface area contributed by atoms with Crippen LogP contribution in [-0.4, -0.2) is 63.2 Å². The Kier molecular flexibility index (Phi) is 12.9. The van der Waals surface area contributed by atoms with Crippen molar-refractivity contribution < 1.29 is 33.3 Å². The maximum absolute atomic E-state index is 12.8. The van der Waals surface area contributed by atoms with Gasteiger partial charge in [-0.3, -0.25) is 4.79 Å². The van der Waals surface area contributed by atoms with E-state index in [0.717, 1.165) is 5.56 Å². The molecule has 0 heterocycles. The van der Waals surface area contributed by atoms with Crippen molar-refractivity contribution in [3.8, 4) is 0 Å². The van der Waals surface area contributed by atoms with Gasteiger partial charge in [0.15, 0.2) is 0 Å². The van der Waals surface area contributed by atoms with Gasteiger partial charge in [0.05, 0.1) is 26.4 Å². The first-order valence-electron chi connectivity index (χ1n) is 12.2. The molecule has 1 unspecified atom stereocenters. The Bertz CT molecular complexity index is 949. The van der Waals surface area contributed by atoms with Gasteiger partial charge in [0.2, 0.25) is 5.91 Å². The Hall–Kier alpha value is -3.63. The van der Waals surface area contributed by atoms with E-state index in [0.29, 0.717) is 31.9 Å². The molecule has 1 atom stereocenters. The average molecular weight is 516 g/mol. The van der Waals surface area contributed by atoms with E-state index in [1.165, 1.54) is 0 Å². The molecule has 202 valence electrons. The van der Waals surface area contributed by atoms with Crippen molar-refractivity contribution in [2.75, 3.05) is 39.5 Å². The van der Waals surface area contributed by atoms with Crippen LogP contribution in [0.5, 0.6) is 0 Å². The van der Waals surface area contributed by atoms with Crippen molar-refractivity contribution in [2.45, 2.75) is 39.0 Å². The number of benzene rings is 2. The first-order chi connectivity index (χ1) is 17.7. The van der Waals surface area contributed by atoms with Crippen LogP contribution in [-0.2, 0) is 30.3 Å². The van der Waals surface area contributed by atoms with E-state index in [9.17, 15) is 14.4 Å². The zero-order chi connectivity index (χ0) is 26.9.